The van der Waals surface area contributed by atoms with E-state index in [1.807, 2.05) is 6.20 Å². The molecule has 0 saturated heterocycles. The summed E-state index contributed by atoms with van der Waals surface area (Å²) in [5.41, 5.74) is 0. The fourth-order valence-corrected chi connectivity index (χ4v) is 1.91. The zero-order valence-corrected chi connectivity index (χ0v) is 9.53. The van der Waals surface area contributed by atoms with Gasteiger partial charge in [-0.3, -0.25) is 4.57 Å². The Morgan fingerprint density at radius 3 is 2.77 bits per heavy atom. The molecule has 2 aromatic heterocycles. The maximum atomic E-state index is 4.19. The van der Waals surface area contributed by atoms with Crippen molar-refractivity contribution in [2.24, 2.45) is 0 Å². The normalized spacial score (nSPS) is 10.3. The molecule has 0 unspecified atom stereocenters. The van der Waals surface area contributed by atoms with Crippen molar-refractivity contribution in [3.63, 3.8) is 0 Å². The molecule has 0 N–H and O–H groups in total. The molecule has 0 amide bonds. The average Bonchev–Trinajstić information content (AvgIpc) is 2.56. The third-order valence-corrected chi connectivity index (χ3v) is 2.35. The first-order valence-electron chi connectivity index (χ1n) is 3.44. The molecule has 13 heavy (non-hydrogen) atoms. The Morgan fingerprint density at radius 2 is 2.15 bits per heavy atom. The number of hydrogen-bond acceptors (Lipinski definition) is 3. The molecule has 0 fully saturated rings. The van der Waals surface area contributed by atoms with Crippen molar-refractivity contribution < 1.29 is 0 Å². The van der Waals surface area contributed by atoms with Crippen molar-refractivity contribution in [1.82, 2.24) is 19.5 Å². The van der Waals surface area contributed by atoms with E-state index in [0.29, 0.717) is 9.21 Å². The van der Waals surface area contributed by atoms with E-state index in [2.05, 4.69) is 46.8 Å². The Morgan fingerprint density at radius 1 is 1.31 bits per heavy atom. The van der Waals surface area contributed by atoms with Crippen molar-refractivity contribution in [1.29, 1.82) is 0 Å². The highest BCUT2D eigenvalue weighted by atomic mass is 79.9. The molecule has 0 spiro atoms. The lowest BCUT2D eigenvalue weighted by atomic mass is 10.6. The van der Waals surface area contributed by atoms with Crippen LogP contribution in [0.25, 0.3) is 5.82 Å². The van der Waals surface area contributed by atoms with Gasteiger partial charge in [-0.25, -0.2) is 15.0 Å². The minimum Gasteiger partial charge on any atom is -0.288 e. The first-order chi connectivity index (χ1) is 6.27. The Kier molecular flexibility index (Phi) is 2.41. The molecule has 2 heterocycles. The van der Waals surface area contributed by atoms with Gasteiger partial charge in [-0.15, -0.1) is 0 Å². The third-order valence-electron chi connectivity index (χ3n) is 1.43. The van der Waals surface area contributed by atoms with Gasteiger partial charge in [0.25, 0.3) is 0 Å². The van der Waals surface area contributed by atoms with Crippen LogP contribution in [0.15, 0.2) is 34.1 Å². The number of nitrogens with zero attached hydrogens (tertiary/aromatic N) is 4. The molecule has 0 aromatic carbocycles. The smallest absolute Gasteiger partial charge is 0.171 e. The number of imidazole rings is 1. The van der Waals surface area contributed by atoms with Crippen LogP contribution < -0.4 is 0 Å². The fraction of sp³-hybridized carbons (Fsp3) is 0. The zero-order chi connectivity index (χ0) is 9.26. The highest BCUT2D eigenvalue weighted by Gasteiger charge is 2.04. The largest absolute Gasteiger partial charge is 0.288 e. The number of hydrogen-bond donors (Lipinski definition) is 0. The number of halogens is 2. The van der Waals surface area contributed by atoms with E-state index < -0.39 is 0 Å². The molecule has 0 atom stereocenters. The van der Waals surface area contributed by atoms with Crippen LogP contribution in [-0.4, -0.2) is 19.5 Å². The van der Waals surface area contributed by atoms with E-state index in [1.165, 1.54) is 0 Å². The molecule has 0 aliphatic heterocycles. The van der Waals surface area contributed by atoms with E-state index in [9.17, 15) is 0 Å². The van der Waals surface area contributed by atoms with E-state index in [1.54, 1.807) is 23.3 Å². The van der Waals surface area contributed by atoms with Crippen LogP contribution in [0.4, 0.5) is 0 Å². The predicted octanol–water partition coefficient (Wildman–Crippen LogP) is 2.19. The average molecular weight is 304 g/mol. The van der Waals surface area contributed by atoms with Crippen LogP contribution in [0.2, 0.25) is 0 Å². The molecular formula is C7H4Br2N4. The summed E-state index contributed by atoms with van der Waals surface area (Å²) in [7, 11) is 0. The summed E-state index contributed by atoms with van der Waals surface area (Å²) >= 11 is 6.55. The summed E-state index contributed by atoms with van der Waals surface area (Å²) in [4.78, 5) is 12.3. The van der Waals surface area contributed by atoms with E-state index >= 15 is 0 Å². The highest BCUT2D eigenvalue weighted by Crippen LogP contribution is 2.17. The summed E-state index contributed by atoms with van der Waals surface area (Å²) in [5.74, 6) is 0.723. The summed E-state index contributed by atoms with van der Waals surface area (Å²) in [5, 5.41) is 0. The predicted molar refractivity (Wildman–Crippen MR) is 54.6 cm³/mol. The van der Waals surface area contributed by atoms with Gasteiger partial charge >= 0.3 is 0 Å². The monoisotopic (exact) mass is 302 g/mol. The fourth-order valence-electron chi connectivity index (χ4n) is 0.898. The van der Waals surface area contributed by atoms with Gasteiger partial charge in [0.15, 0.2) is 10.4 Å². The molecule has 0 aliphatic carbocycles. The summed E-state index contributed by atoms with van der Waals surface area (Å²) in [6, 6.07) is 0. The Balaban J connectivity index is 2.53. The van der Waals surface area contributed by atoms with Gasteiger partial charge in [-0.1, -0.05) is 0 Å². The van der Waals surface area contributed by atoms with E-state index in [4.69, 9.17) is 0 Å². The summed E-state index contributed by atoms with van der Waals surface area (Å²) < 4.78 is 3.16. The molecule has 2 rings (SSSR count). The second-order valence-corrected chi connectivity index (χ2v) is 3.84. The first kappa shape index (κ1) is 8.83. The van der Waals surface area contributed by atoms with Crippen LogP contribution >= 0.6 is 31.9 Å². The van der Waals surface area contributed by atoms with Gasteiger partial charge in [0, 0.05) is 12.4 Å². The molecule has 2 aromatic rings. The van der Waals surface area contributed by atoms with Crippen molar-refractivity contribution in [2.75, 3.05) is 0 Å². The summed E-state index contributed by atoms with van der Waals surface area (Å²) in [6.07, 6.45) is 6.81. The third kappa shape index (κ3) is 1.78. The molecule has 6 heteroatoms. The highest BCUT2D eigenvalue weighted by molar-refractivity contribution is 9.11. The standard InChI is InChI=1S/C7H4Br2N4/c8-5-3-11-7(6(9)12-5)13-2-1-10-4-13/h1-4H. The zero-order valence-electron chi connectivity index (χ0n) is 6.35. The molecule has 0 radical (unpaired) electrons. The van der Waals surface area contributed by atoms with E-state index in [0.717, 1.165) is 5.82 Å². The van der Waals surface area contributed by atoms with Crippen molar-refractivity contribution in [3.8, 4) is 5.82 Å². The molecule has 4 nitrogen and oxygen atoms in total. The molecular weight excluding hydrogens is 300 g/mol. The van der Waals surface area contributed by atoms with Crippen molar-refractivity contribution >= 4 is 31.9 Å². The minimum absolute atomic E-state index is 0.680. The first-order valence-corrected chi connectivity index (χ1v) is 5.02. The Bertz CT molecular complexity index is 412. The lowest BCUT2D eigenvalue weighted by molar-refractivity contribution is 0.947. The van der Waals surface area contributed by atoms with Gasteiger partial charge in [-0.05, 0) is 31.9 Å². The SMILES string of the molecule is Brc1cnc(-n2ccnc2)c(Br)n1. The maximum absolute atomic E-state index is 4.19. The molecule has 66 valence electrons. The van der Waals surface area contributed by atoms with Crippen LogP contribution in [0.3, 0.4) is 0 Å². The number of aromatic nitrogens is 4. The maximum Gasteiger partial charge on any atom is 0.171 e. The van der Waals surface area contributed by atoms with Crippen LogP contribution in [0.5, 0.6) is 0 Å². The Labute approximate surface area is 91.3 Å². The molecule has 0 saturated carbocycles. The lowest BCUT2D eigenvalue weighted by Gasteiger charge is -2.02. The van der Waals surface area contributed by atoms with Gasteiger partial charge in [0.05, 0.1) is 6.20 Å². The minimum atomic E-state index is 0.680. The van der Waals surface area contributed by atoms with Crippen molar-refractivity contribution in [2.45, 2.75) is 0 Å². The van der Waals surface area contributed by atoms with Crippen molar-refractivity contribution in [3.05, 3.63) is 34.1 Å². The molecule has 0 aliphatic rings. The van der Waals surface area contributed by atoms with E-state index in [-0.39, 0.29) is 0 Å². The van der Waals surface area contributed by atoms with Crippen LogP contribution in [0, 0.1) is 0 Å². The van der Waals surface area contributed by atoms with Crippen LogP contribution in [-0.2, 0) is 0 Å². The Hall–Kier alpha value is -0.750. The van der Waals surface area contributed by atoms with Gasteiger partial charge in [0.2, 0.25) is 0 Å². The quantitative estimate of drug-likeness (QED) is 0.811. The second-order valence-electron chi connectivity index (χ2n) is 2.28. The topological polar surface area (TPSA) is 43.6 Å². The van der Waals surface area contributed by atoms with Crippen LogP contribution in [0.1, 0.15) is 0 Å². The van der Waals surface area contributed by atoms with Gasteiger partial charge in [0.1, 0.15) is 10.9 Å². The lowest BCUT2D eigenvalue weighted by Crippen LogP contribution is -1.97. The van der Waals surface area contributed by atoms with Gasteiger partial charge < -0.3 is 0 Å². The summed E-state index contributed by atoms with van der Waals surface area (Å²) in [6.45, 7) is 0. The number of rotatable bonds is 1. The van der Waals surface area contributed by atoms with Gasteiger partial charge in [-0.2, -0.15) is 0 Å². The molecule has 0 bridgehead atoms. The second kappa shape index (κ2) is 3.55.